The second-order valence-corrected chi connectivity index (χ2v) is 5.84. The van der Waals surface area contributed by atoms with Crippen LogP contribution in [0, 0.1) is 25.5 Å². The third-order valence-corrected chi connectivity index (χ3v) is 3.99. The molecule has 7 nitrogen and oxygen atoms in total. The fraction of sp³-hybridized carbons (Fsp3) is 0.353. The Bertz CT molecular complexity index is 782. The van der Waals surface area contributed by atoms with Gasteiger partial charge in [-0.1, -0.05) is 6.07 Å². The van der Waals surface area contributed by atoms with E-state index in [2.05, 4.69) is 20.6 Å². The fourth-order valence-corrected chi connectivity index (χ4v) is 2.66. The number of morpholine rings is 1. The first-order valence-corrected chi connectivity index (χ1v) is 8.15. The Kier molecular flexibility index (Phi) is 5.27. The van der Waals surface area contributed by atoms with E-state index in [4.69, 9.17) is 4.74 Å². The minimum atomic E-state index is -0.854. The van der Waals surface area contributed by atoms with Gasteiger partial charge in [0.1, 0.15) is 17.3 Å². The van der Waals surface area contributed by atoms with Gasteiger partial charge in [0.05, 0.1) is 30.3 Å². The minimum Gasteiger partial charge on any atom is -0.378 e. The summed E-state index contributed by atoms with van der Waals surface area (Å²) in [7, 11) is 0. The van der Waals surface area contributed by atoms with Crippen LogP contribution in [0.5, 0.6) is 0 Å². The van der Waals surface area contributed by atoms with Crippen molar-refractivity contribution in [2.75, 3.05) is 41.8 Å². The van der Waals surface area contributed by atoms with Crippen molar-refractivity contribution in [2.45, 2.75) is 13.8 Å². The topological polar surface area (TPSA) is 79.4 Å². The van der Waals surface area contributed by atoms with Crippen molar-refractivity contribution in [2.24, 2.45) is 0 Å². The molecule has 26 heavy (non-hydrogen) atoms. The minimum absolute atomic E-state index is 0.399. The van der Waals surface area contributed by atoms with Gasteiger partial charge in [0.25, 0.3) is 0 Å². The molecule has 138 valence electrons. The van der Waals surface area contributed by atoms with E-state index in [0.29, 0.717) is 49.3 Å². The molecule has 3 rings (SSSR count). The number of hydrogen-bond donors (Lipinski definition) is 2. The highest BCUT2D eigenvalue weighted by atomic mass is 19.1. The van der Waals surface area contributed by atoms with Crippen LogP contribution >= 0.6 is 0 Å². The SMILES string of the molecule is Cc1nc(N2CCOCC2)nc(C)c1NC(=O)Nc1c(F)cccc1F. The molecule has 1 aromatic carbocycles. The van der Waals surface area contributed by atoms with Gasteiger partial charge in [-0.2, -0.15) is 0 Å². The number of carbonyl (C=O) groups excluding carboxylic acids is 1. The molecule has 2 aromatic rings. The van der Waals surface area contributed by atoms with Gasteiger partial charge in [-0.25, -0.2) is 23.5 Å². The van der Waals surface area contributed by atoms with Crippen molar-refractivity contribution in [1.82, 2.24) is 9.97 Å². The number of amides is 2. The number of rotatable bonds is 3. The molecule has 0 aliphatic carbocycles. The summed E-state index contributed by atoms with van der Waals surface area (Å²) in [5.41, 5.74) is 1.01. The second kappa shape index (κ2) is 7.61. The molecular formula is C17H19F2N5O2. The molecule has 0 bridgehead atoms. The number of ether oxygens (including phenoxy) is 1. The van der Waals surface area contributed by atoms with Crippen LogP contribution in [0.2, 0.25) is 0 Å². The molecular weight excluding hydrogens is 344 g/mol. The van der Waals surface area contributed by atoms with Gasteiger partial charge >= 0.3 is 6.03 Å². The molecule has 0 atom stereocenters. The van der Waals surface area contributed by atoms with E-state index >= 15 is 0 Å². The first-order chi connectivity index (χ1) is 12.5. The zero-order valence-electron chi connectivity index (χ0n) is 14.5. The van der Waals surface area contributed by atoms with Crippen molar-refractivity contribution >= 4 is 23.4 Å². The lowest BCUT2D eigenvalue weighted by molar-refractivity contribution is 0.122. The number of para-hydroxylation sites is 1. The number of aromatic nitrogens is 2. The van der Waals surface area contributed by atoms with Crippen LogP contribution in [0.15, 0.2) is 18.2 Å². The predicted octanol–water partition coefficient (Wildman–Crippen LogP) is 2.85. The number of nitrogens with one attached hydrogen (secondary N) is 2. The van der Waals surface area contributed by atoms with Crippen molar-refractivity contribution in [3.63, 3.8) is 0 Å². The van der Waals surface area contributed by atoms with Crippen LogP contribution in [0.1, 0.15) is 11.4 Å². The van der Waals surface area contributed by atoms with Crippen molar-refractivity contribution in [3.8, 4) is 0 Å². The average Bonchev–Trinajstić information content (AvgIpc) is 2.62. The molecule has 2 heterocycles. The highest BCUT2D eigenvalue weighted by Gasteiger charge is 2.18. The van der Waals surface area contributed by atoms with Crippen LogP contribution in [-0.4, -0.2) is 42.3 Å². The molecule has 1 aliphatic rings. The predicted molar refractivity (Wildman–Crippen MR) is 93.5 cm³/mol. The summed E-state index contributed by atoms with van der Waals surface area (Å²) in [5, 5.41) is 4.74. The van der Waals surface area contributed by atoms with Crippen molar-refractivity contribution in [1.29, 1.82) is 0 Å². The number of benzene rings is 1. The molecule has 2 N–H and O–H groups in total. The summed E-state index contributed by atoms with van der Waals surface area (Å²) in [6, 6.07) is 2.58. The van der Waals surface area contributed by atoms with Crippen LogP contribution < -0.4 is 15.5 Å². The Labute approximate surface area is 149 Å². The molecule has 0 spiro atoms. The monoisotopic (exact) mass is 363 g/mol. The summed E-state index contributed by atoms with van der Waals surface area (Å²) in [6.45, 7) is 6.07. The number of hydrogen-bond acceptors (Lipinski definition) is 5. The highest BCUT2D eigenvalue weighted by molar-refractivity contribution is 6.00. The number of aryl methyl sites for hydroxylation is 2. The number of carbonyl (C=O) groups is 1. The van der Waals surface area contributed by atoms with Gasteiger partial charge in [0, 0.05) is 13.1 Å². The largest absolute Gasteiger partial charge is 0.378 e. The van der Waals surface area contributed by atoms with Crippen molar-refractivity contribution < 1.29 is 18.3 Å². The van der Waals surface area contributed by atoms with E-state index in [0.717, 1.165) is 12.1 Å². The highest BCUT2D eigenvalue weighted by Crippen LogP contribution is 2.22. The Balaban J connectivity index is 1.76. The average molecular weight is 363 g/mol. The lowest BCUT2D eigenvalue weighted by Gasteiger charge is -2.27. The maximum Gasteiger partial charge on any atom is 0.323 e. The normalized spacial score (nSPS) is 14.2. The van der Waals surface area contributed by atoms with Gasteiger partial charge < -0.3 is 20.3 Å². The standard InChI is InChI=1S/C17H19F2N5O2/c1-10-14(11(2)21-16(20-10)24-6-8-26-9-7-24)22-17(25)23-15-12(18)4-3-5-13(15)19/h3-5H,6-9H2,1-2H3,(H2,22,23,25). The van der Waals surface area contributed by atoms with Gasteiger partial charge in [0.2, 0.25) is 5.95 Å². The summed E-state index contributed by atoms with van der Waals surface area (Å²) in [5.74, 6) is -1.14. The van der Waals surface area contributed by atoms with E-state index in [1.165, 1.54) is 6.07 Å². The van der Waals surface area contributed by atoms with E-state index < -0.39 is 23.4 Å². The van der Waals surface area contributed by atoms with Crippen LogP contribution in [0.25, 0.3) is 0 Å². The molecule has 0 unspecified atom stereocenters. The Morgan fingerprint density at radius 1 is 1.04 bits per heavy atom. The molecule has 1 aromatic heterocycles. The second-order valence-electron chi connectivity index (χ2n) is 5.84. The third kappa shape index (κ3) is 3.88. The number of urea groups is 1. The lowest BCUT2D eigenvalue weighted by Crippen LogP contribution is -2.37. The molecule has 0 radical (unpaired) electrons. The molecule has 1 fully saturated rings. The first-order valence-electron chi connectivity index (χ1n) is 8.15. The zero-order valence-corrected chi connectivity index (χ0v) is 14.5. The summed E-state index contributed by atoms with van der Waals surface area (Å²) < 4.78 is 32.6. The van der Waals surface area contributed by atoms with E-state index in [-0.39, 0.29) is 0 Å². The first kappa shape index (κ1) is 18.0. The Hall–Kier alpha value is -2.81. The Morgan fingerprint density at radius 2 is 1.58 bits per heavy atom. The molecule has 9 heteroatoms. The number of anilines is 3. The van der Waals surface area contributed by atoms with Gasteiger partial charge in [0.15, 0.2) is 0 Å². The van der Waals surface area contributed by atoms with E-state index in [1.54, 1.807) is 13.8 Å². The molecule has 2 amide bonds. The maximum atomic E-state index is 13.6. The molecule has 1 aliphatic heterocycles. The van der Waals surface area contributed by atoms with Gasteiger partial charge in [-0.15, -0.1) is 0 Å². The summed E-state index contributed by atoms with van der Waals surface area (Å²) in [6.07, 6.45) is 0. The zero-order chi connectivity index (χ0) is 18.7. The Morgan fingerprint density at radius 3 is 2.15 bits per heavy atom. The molecule has 0 saturated carbocycles. The van der Waals surface area contributed by atoms with Crippen LogP contribution in [0.4, 0.5) is 30.9 Å². The summed E-state index contributed by atoms with van der Waals surface area (Å²) >= 11 is 0. The number of halogens is 2. The van der Waals surface area contributed by atoms with Gasteiger partial charge in [-0.3, -0.25) is 0 Å². The number of nitrogens with zero attached hydrogens (tertiary/aromatic N) is 3. The molecule has 1 saturated heterocycles. The fourth-order valence-electron chi connectivity index (χ4n) is 2.66. The van der Waals surface area contributed by atoms with Crippen LogP contribution in [0.3, 0.4) is 0 Å². The van der Waals surface area contributed by atoms with Crippen molar-refractivity contribution in [3.05, 3.63) is 41.2 Å². The maximum absolute atomic E-state index is 13.6. The van der Waals surface area contributed by atoms with E-state index in [1.807, 2.05) is 4.90 Å². The third-order valence-electron chi connectivity index (χ3n) is 3.99. The quantitative estimate of drug-likeness (QED) is 0.877. The van der Waals surface area contributed by atoms with Gasteiger partial charge in [-0.05, 0) is 26.0 Å². The smallest absolute Gasteiger partial charge is 0.323 e. The summed E-state index contributed by atoms with van der Waals surface area (Å²) in [4.78, 5) is 23.0. The van der Waals surface area contributed by atoms with Crippen LogP contribution in [-0.2, 0) is 4.74 Å². The van der Waals surface area contributed by atoms with E-state index in [9.17, 15) is 13.6 Å². The lowest BCUT2D eigenvalue weighted by atomic mass is 10.2.